The lowest BCUT2D eigenvalue weighted by Crippen LogP contribution is -2.45. The standard InChI is InChI=1S/C12H19ClN2OS/c1-4-8(2)11(14)12(16)15(3)7-9-5-6-10(13)17-9/h5-6,8,11H,4,7,14H2,1-3H3/t8-,11-/m0/s1. The van der Waals surface area contributed by atoms with Crippen LogP contribution >= 0.6 is 22.9 Å². The van der Waals surface area contributed by atoms with Gasteiger partial charge in [-0.25, -0.2) is 0 Å². The fourth-order valence-electron chi connectivity index (χ4n) is 1.50. The number of carbonyl (C=O) groups excluding carboxylic acids is 1. The van der Waals surface area contributed by atoms with Crippen molar-refractivity contribution >= 4 is 28.8 Å². The van der Waals surface area contributed by atoms with Gasteiger partial charge in [-0.3, -0.25) is 4.79 Å². The predicted octanol–water partition coefficient (Wildman–Crippen LogP) is 2.73. The fourth-order valence-corrected chi connectivity index (χ4v) is 2.64. The number of rotatable bonds is 5. The van der Waals surface area contributed by atoms with Crippen LogP contribution in [-0.4, -0.2) is 23.9 Å². The minimum Gasteiger partial charge on any atom is -0.339 e. The van der Waals surface area contributed by atoms with Crippen molar-refractivity contribution in [3.05, 3.63) is 21.3 Å². The van der Waals surface area contributed by atoms with E-state index in [0.29, 0.717) is 6.54 Å². The van der Waals surface area contributed by atoms with E-state index < -0.39 is 6.04 Å². The van der Waals surface area contributed by atoms with E-state index in [-0.39, 0.29) is 11.8 Å². The van der Waals surface area contributed by atoms with Gasteiger partial charge in [0.15, 0.2) is 0 Å². The number of carbonyl (C=O) groups is 1. The Bertz CT molecular complexity index is 380. The van der Waals surface area contributed by atoms with E-state index in [0.717, 1.165) is 15.6 Å². The van der Waals surface area contributed by atoms with Crippen LogP contribution in [0.25, 0.3) is 0 Å². The first-order chi connectivity index (χ1) is 7.95. The molecular weight excluding hydrogens is 256 g/mol. The molecule has 17 heavy (non-hydrogen) atoms. The number of nitrogens with zero attached hydrogens (tertiary/aromatic N) is 1. The largest absolute Gasteiger partial charge is 0.339 e. The molecule has 1 aromatic rings. The molecule has 1 heterocycles. The number of nitrogens with two attached hydrogens (primary N) is 1. The van der Waals surface area contributed by atoms with E-state index in [1.165, 1.54) is 11.3 Å². The van der Waals surface area contributed by atoms with Gasteiger partial charge >= 0.3 is 0 Å². The van der Waals surface area contributed by atoms with Crippen molar-refractivity contribution in [3.8, 4) is 0 Å². The molecule has 96 valence electrons. The molecule has 0 aliphatic carbocycles. The minimum atomic E-state index is -0.416. The lowest BCUT2D eigenvalue weighted by atomic mass is 9.99. The Labute approximate surface area is 112 Å². The fraction of sp³-hybridized carbons (Fsp3) is 0.583. The van der Waals surface area contributed by atoms with Crippen LogP contribution in [0.15, 0.2) is 12.1 Å². The summed E-state index contributed by atoms with van der Waals surface area (Å²) in [6.45, 7) is 4.61. The van der Waals surface area contributed by atoms with Crippen LogP contribution in [0.3, 0.4) is 0 Å². The number of amides is 1. The predicted molar refractivity (Wildman–Crippen MR) is 73.2 cm³/mol. The maximum Gasteiger partial charge on any atom is 0.239 e. The summed E-state index contributed by atoms with van der Waals surface area (Å²) in [5.41, 5.74) is 5.92. The molecular formula is C12H19ClN2OS. The quantitative estimate of drug-likeness (QED) is 0.897. The molecule has 0 aliphatic rings. The Morgan fingerprint density at radius 1 is 1.59 bits per heavy atom. The van der Waals surface area contributed by atoms with Crippen molar-refractivity contribution in [2.45, 2.75) is 32.9 Å². The topological polar surface area (TPSA) is 46.3 Å². The lowest BCUT2D eigenvalue weighted by molar-refractivity contribution is -0.132. The lowest BCUT2D eigenvalue weighted by Gasteiger charge is -2.24. The van der Waals surface area contributed by atoms with E-state index in [1.807, 2.05) is 26.0 Å². The number of hydrogen-bond acceptors (Lipinski definition) is 3. The average Bonchev–Trinajstić information content (AvgIpc) is 2.71. The monoisotopic (exact) mass is 274 g/mol. The number of likely N-dealkylation sites (N-methyl/N-ethyl adjacent to an activating group) is 1. The third kappa shape index (κ3) is 3.98. The van der Waals surface area contributed by atoms with Crippen molar-refractivity contribution in [1.82, 2.24) is 4.90 Å². The zero-order valence-corrected chi connectivity index (χ0v) is 12.0. The van der Waals surface area contributed by atoms with Crippen LogP contribution in [0.1, 0.15) is 25.1 Å². The second-order valence-electron chi connectivity index (χ2n) is 4.31. The van der Waals surface area contributed by atoms with Crippen molar-refractivity contribution in [2.24, 2.45) is 11.7 Å². The van der Waals surface area contributed by atoms with Gasteiger partial charge in [-0.2, -0.15) is 0 Å². The highest BCUT2D eigenvalue weighted by Gasteiger charge is 2.22. The Hall–Kier alpha value is -0.580. The zero-order chi connectivity index (χ0) is 13.0. The van der Waals surface area contributed by atoms with Gasteiger partial charge in [0.1, 0.15) is 0 Å². The SMILES string of the molecule is CC[C@H](C)[C@H](N)C(=O)N(C)Cc1ccc(Cl)s1. The molecule has 2 N–H and O–H groups in total. The molecule has 0 spiro atoms. The molecule has 1 aromatic heterocycles. The van der Waals surface area contributed by atoms with Crippen molar-refractivity contribution < 1.29 is 4.79 Å². The van der Waals surface area contributed by atoms with E-state index in [4.69, 9.17) is 17.3 Å². The highest BCUT2D eigenvalue weighted by molar-refractivity contribution is 7.16. The van der Waals surface area contributed by atoms with Gasteiger partial charge in [0.25, 0.3) is 0 Å². The van der Waals surface area contributed by atoms with Crippen molar-refractivity contribution in [2.75, 3.05) is 7.05 Å². The summed E-state index contributed by atoms with van der Waals surface area (Å²) in [5.74, 6) is 0.195. The minimum absolute atomic E-state index is 0.0103. The van der Waals surface area contributed by atoms with Gasteiger partial charge in [0, 0.05) is 11.9 Å². The summed E-state index contributed by atoms with van der Waals surface area (Å²) in [6.07, 6.45) is 0.908. The molecule has 2 atom stereocenters. The van der Waals surface area contributed by atoms with Crippen LogP contribution in [0, 0.1) is 5.92 Å². The summed E-state index contributed by atoms with van der Waals surface area (Å²) in [6, 6.07) is 3.36. The van der Waals surface area contributed by atoms with Crippen LogP contribution in [0.2, 0.25) is 4.34 Å². The third-order valence-corrected chi connectivity index (χ3v) is 4.16. The maximum atomic E-state index is 12.0. The number of thiophene rings is 1. The first kappa shape index (κ1) is 14.5. The molecule has 0 saturated carbocycles. The molecule has 0 radical (unpaired) electrons. The summed E-state index contributed by atoms with van der Waals surface area (Å²) in [5, 5.41) is 0. The van der Waals surface area contributed by atoms with Gasteiger partial charge in [-0.1, -0.05) is 31.9 Å². The van der Waals surface area contributed by atoms with Crippen LogP contribution in [-0.2, 0) is 11.3 Å². The Morgan fingerprint density at radius 2 is 2.24 bits per heavy atom. The van der Waals surface area contributed by atoms with Gasteiger partial charge in [0.05, 0.1) is 16.9 Å². The molecule has 3 nitrogen and oxygen atoms in total. The van der Waals surface area contributed by atoms with E-state index >= 15 is 0 Å². The summed E-state index contributed by atoms with van der Waals surface area (Å²) < 4.78 is 0.743. The Balaban J connectivity index is 2.58. The normalized spacial score (nSPS) is 14.4. The molecule has 0 aliphatic heterocycles. The first-order valence-electron chi connectivity index (χ1n) is 5.70. The molecule has 0 aromatic carbocycles. The molecule has 1 amide bonds. The van der Waals surface area contributed by atoms with Crippen LogP contribution < -0.4 is 5.73 Å². The van der Waals surface area contributed by atoms with Gasteiger partial charge in [0.2, 0.25) is 5.91 Å². The third-order valence-electron chi connectivity index (χ3n) is 2.94. The van der Waals surface area contributed by atoms with Gasteiger partial charge in [-0.05, 0) is 18.1 Å². The van der Waals surface area contributed by atoms with Crippen LogP contribution in [0.5, 0.6) is 0 Å². The Kier molecular flexibility index (Phi) is 5.43. The van der Waals surface area contributed by atoms with Crippen molar-refractivity contribution in [3.63, 3.8) is 0 Å². The molecule has 5 heteroatoms. The summed E-state index contributed by atoms with van der Waals surface area (Å²) in [7, 11) is 1.78. The molecule has 0 bridgehead atoms. The molecule has 1 rings (SSSR count). The second kappa shape index (κ2) is 6.38. The second-order valence-corrected chi connectivity index (χ2v) is 6.11. The first-order valence-corrected chi connectivity index (χ1v) is 6.90. The highest BCUT2D eigenvalue weighted by atomic mass is 35.5. The van der Waals surface area contributed by atoms with E-state index in [2.05, 4.69) is 0 Å². The highest BCUT2D eigenvalue weighted by Crippen LogP contribution is 2.22. The summed E-state index contributed by atoms with van der Waals surface area (Å²) >= 11 is 7.34. The van der Waals surface area contributed by atoms with E-state index in [1.54, 1.807) is 11.9 Å². The van der Waals surface area contributed by atoms with Gasteiger partial charge in [-0.15, -0.1) is 11.3 Å². The number of halogens is 1. The van der Waals surface area contributed by atoms with Gasteiger partial charge < -0.3 is 10.6 Å². The summed E-state index contributed by atoms with van der Waals surface area (Å²) in [4.78, 5) is 14.8. The zero-order valence-electron chi connectivity index (χ0n) is 10.4. The maximum absolute atomic E-state index is 12.0. The molecule has 0 unspecified atom stereocenters. The molecule has 0 saturated heterocycles. The number of hydrogen-bond donors (Lipinski definition) is 1. The van der Waals surface area contributed by atoms with Crippen molar-refractivity contribution in [1.29, 1.82) is 0 Å². The smallest absolute Gasteiger partial charge is 0.239 e. The average molecular weight is 275 g/mol. The van der Waals surface area contributed by atoms with E-state index in [9.17, 15) is 4.79 Å². The van der Waals surface area contributed by atoms with Crippen LogP contribution in [0.4, 0.5) is 0 Å². The Morgan fingerprint density at radius 3 is 2.71 bits per heavy atom. The molecule has 0 fully saturated rings.